The van der Waals surface area contributed by atoms with E-state index in [-0.39, 0.29) is 0 Å². The van der Waals surface area contributed by atoms with Crippen molar-refractivity contribution in [1.29, 1.82) is 0 Å². The summed E-state index contributed by atoms with van der Waals surface area (Å²) in [5.41, 5.74) is 0. The molecule has 20 heavy (non-hydrogen) atoms. The Labute approximate surface area is 138 Å². The molecule has 1 aliphatic heterocycles. The van der Waals surface area contributed by atoms with Crippen LogP contribution in [0.15, 0.2) is 16.6 Å². The molecule has 0 bridgehead atoms. The van der Waals surface area contributed by atoms with Gasteiger partial charge in [0.05, 0.1) is 16.1 Å². The van der Waals surface area contributed by atoms with E-state index < -0.39 is 0 Å². The number of nitrogens with one attached hydrogen (secondary N) is 1. The first-order valence-electron chi connectivity index (χ1n) is 6.70. The molecule has 2 unspecified atom stereocenters. The number of halogens is 3. The summed E-state index contributed by atoms with van der Waals surface area (Å²) >= 11 is 15.4. The van der Waals surface area contributed by atoms with Crippen LogP contribution in [0.3, 0.4) is 0 Å². The Morgan fingerprint density at radius 2 is 2.25 bits per heavy atom. The van der Waals surface area contributed by atoms with Crippen LogP contribution in [-0.2, 0) is 4.74 Å². The molecule has 2 rings (SSSR count). The predicted octanol–water partition coefficient (Wildman–Crippen LogP) is 4.29. The van der Waals surface area contributed by atoms with E-state index in [0.29, 0.717) is 34.5 Å². The topological polar surface area (TPSA) is 30.5 Å². The second-order valence-corrected chi connectivity index (χ2v) is 6.51. The van der Waals surface area contributed by atoms with Crippen LogP contribution in [0.2, 0.25) is 10.0 Å². The van der Waals surface area contributed by atoms with E-state index in [1.54, 1.807) is 12.1 Å². The van der Waals surface area contributed by atoms with E-state index in [1.807, 2.05) is 0 Å². The van der Waals surface area contributed by atoms with E-state index in [9.17, 15) is 0 Å². The van der Waals surface area contributed by atoms with Gasteiger partial charge in [0, 0.05) is 29.7 Å². The van der Waals surface area contributed by atoms with Gasteiger partial charge in [-0.2, -0.15) is 0 Å². The van der Waals surface area contributed by atoms with Gasteiger partial charge < -0.3 is 14.8 Å². The van der Waals surface area contributed by atoms with Gasteiger partial charge in [0.15, 0.2) is 0 Å². The summed E-state index contributed by atoms with van der Waals surface area (Å²) in [5, 5.41) is 4.54. The van der Waals surface area contributed by atoms with Crippen molar-refractivity contribution in [2.24, 2.45) is 0 Å². The fraction of sp³-hybridized carbons (Fsp3) is 0.571. The molecule has 0 aromatic heterocycles. The second kappa shape index (κ2) is 7.85. The molecule has 3 nitrogen and oxygen atoms in total. The van der Waals surface area contributed by atoms with Gasteiger partial charge in [-0.15, -0.1) is 0 Å². The van der Waals surface area contributed by atoms with Crippen molar-refractivity contribution in [2.45, 2.75) is 31.9 Å². The van der Waals surface area contributed by atoms with Gasteiger partial charge in [0.1, 0.15) is 12.4 Å². The van der Waals surface area contributed by atoms with Crippen LogP contribution in [0.1, 0.15) is 19.8 Å². The number of benzene rings is 1. The molecule has 2 atom stereocenters. The minimum absolute atomic E-state index is 0.320. The van der Waals surface area contributed by atoms with Crippen molar-refractivity contribution in [2.75, 3.05) is 19.8 Å². The van der Waals surface area contributed by atoms with Gasteiger partial charge in [0.25, 0.3) is 0 Å². The third kappa shape index (κ3) is 4.50. The Kier molecular flexibility index (Phi) is 6.43. The molecule has 1 fully saturated rings. The van der Waals surface area contributed by atoms with E-state index in [1.165, 1.54) is 0 Å². The first-order chi connectivity index (χ1) is 9.58. The predicted molar refractivity (Wildman–Crippen MR) is 86.1 cm³/mol. The average molecular weight is 383 g/mol. The molecule has 1 aliphatic rings. The molecule has 1 N–H and O–H groups in total. The largest absolute Gasteiger partial charge is 0.491 e. The summed E-state index contributed by atoms with van der Waals surface area (Å²) in [7, 11) is 0. The van der Waals surface area contributed by atoms with E-state index in [0.717, 1.165) is 30.5 Å². The molecule has 0 spiro atoms. The van der Waals surface area contributed by atoms with Gasteiger partial charge in [-0.3, -0.25) is 0 Å². The normalized spacial score (nSPS) is 20.1. The van der Waals surface area contributed by atoms with Gasteiger partial charge in [-0.05, 0) is 41.8 Å². The zero-order valence-electron chi connectivity index (χ0n) is 11.3. The maximum atomic E-state index is 6.09. The summed E-state index contributed by atoms with van der Waals surface area (Å²) < 4.78 is 12.0. The first kappa shape index (κ1) is 16.4. The maximum Gasteiger partial charge on any atom is 0.139 e. The lowest BCUT2D eigenvalue weighted by atomic mass is 10.1. The Morgan fingerprint density at radius 3 is 2.95 bits per heavy atom. The zero-order valence-corrected chi connectivity index (χ0v) is 14.4. The minimum Gasteiger partial charge on any atom is -0.491 e. The highest BCUT2D eigenvalue weighted by Gasteiger charge is 2.21. The monoisotopic (exact) mass is 381 g/mol. The molecule has 0 radical (unpaired) electrons. The number of ether oxygens (including phenoxy) is 2. The van der Waals surface area contributed by atoms with Crippen molar-refractivity contribution in [3.63, 3.8) is 0 Å². The van der Waals surface area contributed by atoms with Gasteiger partial charge in [-0.1, -0.05) is 23.2 Å². The zero-order chi connectivity index (χ0) is 14.5. The van der Waals surface area contributed by atoms with Crippen LogP contribution < -0.4 is 10.1 Å². The summed E-state index contributed by atoms with van der Waals surface area (Å²) in [6.45, 7) is 4.29. The molecular weight excluding hydrogens is 365 g/mol. The summed E-state index contributed by atoms with van der Waals surface area (Å²) in [5.74, 6) is 0.603. The maximum absolute atomic E-state index is 6.09. The number of hydrogen-bond donors (Lipinski definition) is 1. The van der Waals surface area contributed by atoms with E-state index in [4.69, 9.17) is 32.7 Å². The van der Waals surface area contributed by atoms with Gasteiger partial charge >= 0.3 is 0 Å². The highest BCUT2D eigenvalue weighted by atomic mass is 79.9. The molecule has 1 heterocycles. The molecule has 1 aromatic rings. The van der Waals surface area contributed by atoms with Crippen molar-refractivity contribution < 1.29 is 9.47 Å². The Hall–Kier alpha value is -0.0000000000000000763. The molecule has 112 valence electrons. The number of rotatable bonds is 6. The van der Waals surface area contributed by atoms with Gasteiger partial charge in [0.2, 0.25) is 0 Å². The second-order valence-electron chi connectivity index (χ2n) is 4.84. The fourth-order valence-corrected chi connectivity index (χ4v) is 3.04. The van der Waals surface area contributed by atoms with Crippen LogP contribution in [-0.4, -0.2) is 31.9 Å². The number of hydrogen-bond acceptors (Lipinski definition) is 3. The Balaban J connectivity index is 1.74. The lowest BCUT2D eigenvalue weighted by Gasteiger charge is -2.20. The van der Waals surface area contributed by atoms with Gasteiger partial charge in [-0.25, -0.2) is 0 Å². The van der Waals surface area contributed by atoms with Crippen molar-refractivity contribution in [3.05, 3.63) is 26.7 Å². The molecule has 0 aliphatic carbocycles. The highest BCUT2D eigenvalue weighted by molar-refractivity contribution is 9.10. The van der Waals surface area contributed by atoms with Crippen molar-refractivity contribution >= 4 is 39.1 Å². The van der Waals surface area contributed by atoms with E-state index >= 15 is 0 Å². The van der Waals surface area contributed by atoms with Crippen LogP contribution >= 0.6 is 39.1 Å². The summed E-state index contributed by atoms with van der Waals surface area (Å²) in [6.07, 6.45) is 2.60. The van der Waals surface area contributed by atoms with Crippen molar-refractivity contribution in [3.8, 4) is 5.75 Å². The minimum atomic E-state index is 0.320. The smallest absolute Gasteiger partial charge is 0.139 e. The lowest BCUT2D eigenvalue weighted by Crippen LogP contribution is -2.39. The third-order valence-electron chi connectivity index (χ3n) is 3.32. The van der Waals surface area contributed by atoms with Crippen LogP contribution in [0.4, 0.5) is 0 Å². The van der Waals surface area contributed by atoms with Crippen LogP contribution in [0.25, 0.3) is 0 Å². The van der Waals surface area contributed by atoms with Crippen molar-refractivity contribution in [1.82, 2.24) is 5.32 Å². The third-order valence-corrected chi connectivity index (χ3v) is 4.82. The first-order valence-corrected chi connectivity index (χ1v) is 8.25. The molecule has 1 aromatic carbocycles. The SMILES string of the molecule is CC(NCCOc1cc(Cl)c(Br)cc1Cl)C1CCCO1. The Morgan fingerprint density at radius 1 is 1.45 bits per heavy atom. The van der Waals surface area contributed by atoms with E-state index in [2.05, 4.69) is 28.2 Å². The quantitative estimate of drug-likeness (QED) is 0.587. The average Bonchev–Trinajstić information content (AvgIpc) is 2.94. The molecule has 0 saturated carbocycles. The van der Waals surface area contributed by atoms with Crippen LogP contribution in [0.5, 0.6) is 5.75 Å². The molecule has 6 heteroatoms. The molecule has 0 amide bonds. The van der Waals surface area contributed by atoms with Crippen LogP contribution in [0, 0.1) is 0 Å². The molecule has 1 saturated heterocycles. The lowest BCUT2D eigenvalue weighted by molar-refractivity contribution is 0.0824. The summed E-state index contributed by atoms with van der Waals surface area (Å²) in [4.78, 5) is 0. The highest BCUT2D eigenvalue weighted by Crippen LogP contribution is 2.33. The molecular formula is C14H18BrCl2NO2. The Bertz CT molecular complexity index is 453. The summed E-state index contributed by atoms with van der Waals surface area (Å²) in [6, 6.07) is 3.80. The standard InChI is InChI=1S/C14H18BrCl2NO2/c1-9(13-3-2-5-19-13)18-4-6-20-14-8-11(16)10(15)7-12(14)17/h7-9,13,18H,2-6H2,1H3. The fourth-order valence-electron chi connectivity index (χ4n) is 2.19.